The van der Waals surface area contributed by atoms with Crippen LogP contribution in [0, 0.1) is 0 Å². The van der Waals surface area contributed by atoms with Gasteiger partial charge < -0.3 is 0 Å². The maximum absolute atomic E-state index is 10.8. The molecule has 0 aliphatic rings. The molecule has 0 heterocycles. The molecule has 0 radical (unpaired) electrons. The van der Waals surface area contributed by atoms with Crippen LogP contribution in [0.25, 0.3) is 0 Å². The van der Waals surface area contributed by atoms with Crippen molar-refractivity contribution >= 4 is 44.0 Å². The fourth-order valence-electron chi connectivity index (χ4n) is 0.772. The zero-order valence-corrected chi connectivity index (χ0v) is 7.77. The van der Waals surface area contributed by atoms with E-state index in [1.807, 2.05) is 6.92 Å². The summed E-state index contributed by atoms with van der Waals surface area (Å²) in [6, 6.07) is 0. The topological polar surface area (TPSA) is 43.4 Å². The van der Waals surface area contributed by atoms with Crippen LogP contribution in [-0.2, 0) is 13.9 Å². The molecule has 0 spiro atoms. The predicted octanol–water partition coefficient (Wildman–Crippen LogP) is 1.71. The van der Waals surface area contributed by atoms with Gasteiger partial charge in [0.25, 0.3) is 0 Å². The summed E-state index contributed by atoms with van der Waals surface area (Å²) in [6.07, 6.45) is 2.14. The summed E-state index contributed by atoms with van der Waals surface area (Å²) in [6.45, 7) is 3.48. The maximum atomic E-state index is 10.8. The SMILES string of the molecule is CCCCC(OP=O)C(C)=O.[NaH]. The molecule has 5 heteroatoms. The van der Waals surface area contributed by atoms with E-state index in [1.54, 1.807) is 0 Å². The fraction of sp³-hybridized carbons (Fsp3) is 0.857. The van der Waals surface area contributed by atoms with E-state index in [0.717, 1.165) is 12.8 Å². The molecule has 0 rings (SSSR count). The van der Waals surface area contributed by atoms with Crippen molar-refractivity contribution in [3.05, 3.63) is 0 Å². The number of ketones is 1. The van der Waals surface area contributed by atoms with Gasteiger partial charge in [-0.05, 0) is 13.3 Å². The first-order valence-corrected chi connectivity index (χ1v) is 4.44. The number of hydrogen-bond acceptors (Lipinski definition) is 3. The Kier molecular flexibility index (Phi) is 12.4. The molecule has 0 saturated heterocycles. The van der Waals surface area contributed by atoms with Crippen LogP contribution < -0.4 is 0 Å². The van der Waals surface area contributed by atoms with E-state index in [1.165, 1.54) is 6.92 Å². The average Bonchev–Trinajstić information content (AvgIpc) is 1.97. The Morgan fingerprint density at radius 3 is 2.50 bits per heavy atom. The molecular formula is C7H14NaO3P. The quantitative estimate of drug-likeness (QED) is 0.484. The number of carbonyl (C=O) groups excluding carboxylic acids is 1. The first-order valence-electron chi connectivity index (χ1n) is 3.71. The van der Waals surface area contributed by atoms with Gasteiger partial charge in [-0.25, -0.2) is 4.57 Å². The third kappa shape index (κ3) is 7.38. The van der Waals surface area contributed by atoms with Crippen molar-refractivity contribution in [1.29, 1.82) is 0 Å². The van der Waals surface area contributed by atoms with Gasteiger partial charge in [0.2, 0.25) is 0 Å². The summed E-state index contributed by atoms with van der Waals surface area (Å²) >= 11 is 0. The molecule has 0 aliphatic heterocycles. The van der Waals surface area contributed by atoms with Crippen LogP contribution in [0.15, 0.2) is 0 Å². The molecule has 0 aromatic carbocycles. The van der Waals surface area contributed by atoms with Crippen LogP contribution in [-0.4, -0.2) is 41.4 Å². The van der Waals surface area contributed by atoms with Gasteiger partial charge in [0, 0.05) is 0 Å². The van der Waals surface area contributed by atoms with Crippen molar-refractivity contribution in [1.82, 2.24) is 0 Å². The molecule has 0 amide bonds. The summed E-state index contributed by atoms with van der Waals surface area (Å²) in [4.78, 5) is 10.8. The molecule has 1 unspecified atom stereocenters. The standard InChI is InChI=1S/C7H13O3P.Na.H/c1-3-4-5-7(6(2)8)10-11-9;;/h7H,3-5H2,1-2H3;;. The van der Waals surface area contributed by atoms with E-state index in [-0.39, 0.29) is 35.3 Å². The summed E-state index contributed by atoms with van der Waals surface area (Å²) in [5.74, 6) is -0.0539. The Morgan fingerprint density at radius 1 is 1.58 bits per heavy atom. The van der Waals surface area contributed by atoms with Crippen LogP contribution in [0.2, 0.25) is 0 Å². The normalized spacial score (nSPS) is 12.2. The minimum absolute atomic E-state index is 0. The van der Waals surface area contributed by atoms with E-state index in [2.05, 4.69) is 4.52 Å². The van der Waals surface area contributed by atoms with E-state index >= 15 is 0 Å². The van der Waals surface area contributed by atoms with E-state index in [0.29, 0.717) is 6.42 Å². The number of unbranched alkanes of at least 4 members (excludes halogenated alkanes) is 1. The van der Waals surface area contributed by atoms with Crippen LogP contribution in [0.1, 0.15) is 33.1 Å². The van der Waals surface area contributed by atoms with Crippen molar-refractivity contribution in [2.24, 2.45) is 0 Å². The molecule has 0 aliphatic carbocycles. The molecule has 3 nitrogen and oxygen atoms in total. The molecule has 0 aromatic rings. The van der Waals surface area contributed by atoms with E-state index < -0.39 is 14.8 Å². The predicted molar refractivity (Wildman–Crippen MR) is 49.8 cm³/mol. The first-order chi connectivity index (χ1) is 5.22. The molecular weight excluding hydrogens is 186 g/mol. The van der Waals surface area contributed by atoms with Gasteiger partial charge in [-0.15, -0.1) is 0 Å². The molecule has 0 fully saturated rings. The van der Waals surface area contributed by atoms with Crippen molar-refractivity contribution < 1.29 is 13.9 Å². The Bertz CT molecular complexity index is 141. The van der Waals surface area contributed by atoms with Gasteiger partial charge in [-0.1, -0.05) is 19.8 Å². The van der Waals surface area contributed by atoms with Crippen molar-refractivity contribution in [3.63, 3.8) is 0 Å². The zero-order valence-electron chi connectivity index (χ0n) is 6.87. The monoisotopic (exact) mass is 200 g/mol. The van der Waals surface area contributed by atoms with Crippen LogP contribution in [0.4, 0.5) is 0 Å². The fourth-order valence-corrected chi connectivity index (χ4v) is 1.13. The van der Waals surface area contributed by atoms with Gasteiger partial charge in [0.1, 0.15) is 6.10 Å². The molecule has 0 aromatic heterocycles. The van der Waals surface area contributed by atoms with Crippen molar-refractivity contribution in [2.75, 3.05) is 0 Å². The van der Waals surface area contributed by atoms with Gasteiger partial charge >= 0.3 is 38.2 Å². The second-order valence-electron chi connectivity index (χ2n) is 2.42. The van der Waals surface area contributed by atoms with Gasteiger partial charge in [0.05, 0.1) is 0 Å². The van der Waals surface area contributed by atoms with Crippen LogP contribution in [0.5, 0.6) is 0 Å². The van der Waals surface area contributed by atoms with Crippen LogP contribution >= 0.6 is 8.69 Å². The molecule has 0 bridgehead atoms. The van der Waals surface area contributed by atoms with Crippen molar-refractivity contribution in [2.45, 2.75) is 39.2 Å². The summed E-state index contributed by atoms with van der Waals surface area (Å²) < 4.78 is 14.7. The van der Waals surface area contributed by atoms with Gasteiger partial charge in [-0.2, -0.15) is 0 Å². The van der Waals surface area contributed by atoms with Gasteiger partial charge in [-0.3, -0.25) is 9.32 Å². The van der Waals surface area contributed by atoms with E-state index in [4.69, 9.17) is 0 Å². The Balaban J connectivity index is 0. The molecule has 0 N–H and O–H groups in total. The number of Topliss-reactive ketones (excluding diaryl/α,β-unsaturated/α-hetero) is 1. The Labute approximate surface area is 96.8 Å². The van der Waals surface area contributed by atoms with E-state index in [9.17, 15) is 9.36 Å². The van der Waals surface area contributed by atoms with Crippen molar-refractivity contribution in [3.8, 4) is 0 Å². The third-order valence-electron chi connectivity index (χ3n) is 1.44. The first kappa shape index (κ1) is 15.2. The minimum atomic E-state index is -0.478. The average molecular weight is 200 g/mol. The Hall–Kier alpha value is 0.730. The molecule has 66 valence electrons. The Morgan fingerprint density at radius 2 is 2.17 bits per heavy atom. The second kappa shape index (κ2) is 9.82. The summed E-state index contributed by atoms with van der Waals surface area (Å²) in [7, 11) is -0.406. The molecule has 12 heavy (non-hydrogen) atoms. The van der Waals surface area contributed by atoms with Gasteiger partial charge in [0.15, 0.2) is 5.78 Å². The number of carbonyl (C=O) groups is 1. The summed E-state index contributed by atoms with van der Waals surface area (Å²) in [5.41, 5.74) is 0. The third-order valence-corrected chi connectivity index (χ3v) is 1.78. The number of hydrogen-bond donors (Lipinski definition) is 0. The molecule has 1 atom stereocenters. The van der Waals surface area contributed by atoms with Crippen LogP contribution in [0.3, 0.4) is 0 Å². The second-order valence-corrected chi connectivity index (χ2v) is 2.78. The zero-order chi connectivity index (χ0) is 8.69. The number of rotatable bonds is 6. The molecule has 0 saturated carbocycles. The summed E-state index contributed by atoms with van der Waals surface area (Å²) in [5, 5.41) is 0.